The summed E-state index contributed by atoms with van der Waals surface area (Å²) in [5.41, 5.74) is 1.08. The monoisotopic (exact) mass is 498 g/mol. The third kappa shape index (κ3) is 5.64. The maximum Gasteiger partial charge on any atom is 0.337 e. The number of ether oxygens (including phenoxy) is 1. The molecule has 0 spiro atoms. The molecule has 1 aliphatic rings. The lowest BCUT2D eigenvalue weighted by atomic mass is 10.1. The van der Waals surface area contributed by atoms with Crippen molar-refractivity contribution < 1.29 is 30.8 Å². The summed E-state index contributed by atoms with van der Waals surface area (Å²) in [6.45, 7) is 2.52. The molecule has 2 aromatic rings. The van der Waals surface area contributed by atoms with Gasteiger partial charge in [0, 0.05) is 19.3 Å². The molecule has 0 aromatic heterocycles. The Kier molecular flexibility index (Phi) is 7.32. The molecule has 8 nitrogen and oxygen atoms in total. The van der Waals surface area contributed by atoms with Gasteiger partial charge in [0.25, 0.3) is 10.0 Å². The van der Waals surface area contributed by atoms with E-state index in [1.165, 1.54) is 37.4 Å². The molecule has 11 heteroatoms. The SMILES string of the molecule is CCc1ccc(C(=O)OC)cc1S(=O)(=O)Nc1cc(S(C)(=O)=O)ccc1N1CCC(F)CC1. The Labute approximate surface area is 193 Å². The molecule has 1 aliphatic heterocycles. The fourth-order valence-electron chi connectivity index (χ4n) is 3.73. The number of esters is 1. The molecule has 0 aliphatic carbocycles. The molecule has 33 heavy (non-hydrogen) atoms. The second-order valence-corrected chi connectivity index (χ2v) is 11.6. The predicted octanol–water partition coefficient (Wildman–Crippen LogP) is 3.18. The summed E-state index contributed by atoms with van der Waals surface area (Å²) in [7, 11) is -6.62. The number of anilines is 2. The summed E-state index contributed by atoms with van der Waals surface area (Å²) in [6.07, 6.45) is 1.08. The van der Waals surface area contributed by atoms with Gasteiger partial charge in [-0.1, -0.05) is 13.0 Å². The van der Waals surface area contributed by atoms with Crippen molar-refractivity contribution in [2.45, 2.75) is 42.1 Å². The van der Waals surface area contributed by atoms with E-state index in [9.17, 15) is 26.0 Å². The van der Waals surface area contributed by atoms with Crippen LogP contribution in [0.3, 0.4) is 0 Å². The standard InChI is InChI=1S/C22H27FN2O6S2/c1-4-15-5-6-16(22(26)31-2)13-21(15)33(29,30)24-19-14-18(32(3,27)28)7-8-20(19)25-11-9-17(23)10-12-25/h5-8,13-14,17,24H,4,9-12H2,1-3H3. The Hall–Kier alpha value is -2.66. The number of benzene rings is 2. The summed E-state index contributed by atoms with van der Waals surface area (Å²) in [5, 5.41) is 0. The first-order chi connectivity index (χ1) is 15.5. The van der Waals surface area contributed by atoms with E-state index >= 15 is 0 Å². The van der Waals surface area contributed by atoms with Crippen molar-refractivity contribution in [3.8, 4) is 0 Å². The minimum absolute atomic E-state index is 0.0525. The minimum atomic E-state index is -4.21. The highest BCUT2D eigenvalue weighted by Gasteiger charge is 2.26. The molecule has 0 radical (unpaired) electrons. The zero-order chi connectivity index (χ0) is 24.4. The van der Waals surface area contributed by atoms with Gasteiger partial charge in [-0.05, 0) is 55.2 Å². The van der Waals surface area contributed by atoms with E-state index in [-0.39, 0.29) is 21.0 Å². The van der Waals surface area contributed by atoms with Gasteiger partial charge in [0.05, 0.1) is 33.8 Å². The molecule has 1 fully saturated rings. The summed E-state index contributed by atoms with van der Waals surface area (Å²) in [6, 6.07) is 8.46. The highest BCUT2D eigenvalue weighted by atomic mass is 32.2. The van der Waals surface area contributed by atoms with Crippen molar-refractivity contribution in [3.05, 3.63) is 47.5 Å². The van der Waals surface area contributed by atoms with E-state index in [4.69, 9.17) is 4.74 Å². The van der Waals surface area contributed by atoms with Crippen LogP contribution in [0.25, 0.3) is 0 Å². The van der Waals surface area contributed by atoms with Crippen molar-refractivity contribution >= 4 is 37.2 Å². The number of nitrogens with zero attached hydrogens (tertiary/aromatic N) is 1. The van der Waals surface area contributed by atoms with Gasteiger partial charge in [0.1, 0.15) is 6.17 Å². The van der Waals surface area contributed by atoms with Gasteiger partial charge < -0.3 is 9.64 Å². The molecule has 0 atom stereocenters. The van der Waals surface area contributed by atoms with Crippen LogP contribution in [-0.4, -0.2) is 55.4 Å². The maximum atomic E-state index is 13.6. The number of alkyl halides is 1. The molecule has 1 heterocycles. The normalized spacial score (nSPS) is 15.3. The number of aryl methyl sites for hydroxylation is 1. The first-order valence-corrected chi connectivity index (χ1v) is 13.8. The van der Waals surface area contributed by atoms with Crippen LogP contribution in [0.5, 0.6) is 0 Å². The van der Waals surface area contributed by atoms with Crippen molar-refractivity contribution in [3.63, 3.8) is 0 Å². The Balaban J connectivity index is 2.09. The van der Waals surface area contributed by atoms with Gasteiger partial charge >= 0.3 is 5.97 Å². The fourth-order valence-corrected chi connectivity index (χ4v) is 5.78. The summed E-state index contributed by atoms with van der Waals surface area (Å²) in [4.78, 5) is 13.6. The van der Waals surface area contributed by atoms with Crippen LogP contribution in [0.2, 0.25) is 0 Å². The van der Waals surface area contributed by atoms with Crippen LogP contribution >= 0.6 is 0 Å². The van der Waals surface area contributed by atoms with E-state index < -0.39 is 32.0 Å². The van der Waals surface area contributed by atoms with Crippen LogP contribution in [-0.2, 0) is 31.0 Å². The highest BCUT2D eigenvalue weighted by Crippen LogP contribution is 2.34. The lowest BCUT2D eigenvalue weighted by Crippen LogP contribution is -2.35. The van der Waals surface area contributed by atoms with E-state index in [0.29, 0.717) is 43.6 Å². The third-order valence-corrected chi connectivity index (χ3v) is 8.12. The Morgan fingerprint density at radius 3 is 2.36 bits per heavy atom. The minimum Gasteiger partial charge on any atom is -0.465 e. The summed E-state index contributed by atoms with van der Waals surface area (Å²) in [5.74, 6) is -0.678. The third-order valence-electron chi connectivity index (χ3n) is 5.56. The number of hydrogen-bond acceptors (Lipinski definition) is 7. The smallest absolute Gasteiger partial charge is 0.337 e. The molecule has 2 aromatic carbocycles. The van der Waals surface area contributed by atoms with Gasteiger partial charge in [-0.15, -0.1) is 0 Å². The molecule has 0 saturated carbocycles. The first-order valence-electron chi connectivity index (χ1n) is 10.4. The van der Waals surface area contributed by atoms with Crippen molar-refractivity contribution in [2.24, 2.45) is 0 Å². The van der Waals surface area contributed by atoms with E-state index in [2.05, 4.69) is 4.72 Å². The lowest BCUT2D eigenvalue weighted by Gasteiger charge is -2.32. The predicted molar refractivity (Wildman–Crippen MR) is 124 cm³/mol. The summed E-state index contributed by atoms with van der Waals surface area (Å²) >= 11 is 0. The molecule has 1 saturated heterocycles. The number of rotatable bonds is 7. The van der Waals surface area contributed by atoms with E-state index in [1.807, 2.05) is 4.90 Å². The second kappa shape index (κ2) is 9.68. The average Bonchev–Trinajstić information content (AvgIpc) is 2.78. The topological polar surface area (TPSA) is 110 Å². The Bertz CT molecular complexity index is 1250. The van der Waals surface area contributed by atoms with E-state index in [1.54, 1.807) is 13.0 Å². The molecule has 180 valence electrons. The molecule has 0 bridgehead atoms. The average molecular weight is 499 g/mol. The van der Waals surface area contributed by atoms with Crippen LogP contribution in [0, 0.1) is 0 Å². The zero-order valence-electron chi connectivity index (χ0n) is 18.7. The fraction of sp³-hybridized carbons (Fsp3) is 0.409. The van der Waals surface area contributed by atoms with Gasteiger partial charge in [-0.3, -0.25) is 4.72 Å². The number of sulfone groups is 1. The van der Waals surface area contributed by atoms with Gasteiger partial charge in [-0.25, -0.2) is 26.0 Å². The molecule has 0 unspecified atom stereocenters. The quantitative estimate of drug-likeness (QED) is 0.584. The number of halogens is 1. The Morgan fingerprint density at radius 1 is 1.12 bits per heavy atom. The maximum absolute atomic E-state index is 13.6. The van der Waals surface area contributed by atoms with Crippen LogP contribution in [0.1, 0.15) is 35.7 Å². The van der Waals surface area contributed by atoms with Crippen molar-refractivity contribution in [1.29, 1.82) is 0 Å². The lowest BCUT2D eigenvalue weighted by molar-refractivity contribution is 0.0600. The van der Waals surface area contributed by atoms with Gasteiger partial charge in [-0.2, -0.15) is 0 Å². The highest BCUT2D eigenvalue weighted by molar-refractivity contribution is 7.92. The molecular formula is C22H27FN2O6S2. The van der Waals surface area contributed by atoms with E-state index in [0.717, 1.165) is 6.26 Å². The van der Waals surface area contributed by atoms with Crippen LogP contribution < -0.4 is 9.62 Å². The number of carbonyl (C=O) groups excluding carboxylic acids is 1. The summed E-state index contributed by atoms with van der Waals surface area (Å²) < 4.78 is 71.9. The van der Waals surface area contributed by atoms with Crippen LogP contribution in [0.4, 0.5) is 15.8 Å². The number of nitrogens with one attached hydrogen (secondary N) is 1. The number of methoxy groups -OCH3 is 1. The molecular weight excluding hydrogens is 471 g/mol. The number of carbonyl (C=O) groups is 1. The number of hydrogen-bond donors (Lipinski definition) is 1. The van der Waals surface area contributed by atoms with Gasteiger partial charge in [0.2, 0.25) is 0 Å². The largest absolute Gasteiger partial charge is 0.465 e. The number of piperidine rings is 1. The Morgan fingerprint density at radius 2 is 1.79 bits per heavy atom. The zero-order valence-corrected chi connectivity index (χ0v) is 20.3. The number of sulfonamides is 1. The van der Waals surface area contributed by atoms with Crippen molar-refractivity contribution in [2.75, 3.05) is 36.1 Å². The van der Waals surface area contributed by atoms with Gasteiger partial charge in [0.15, 0.2) is 9.84 Å². The van der Waals surface area contributed by atoms with Crippen LogP contribution in [0.15, 0.2) is 46.2 Å². The molecule has 0 amide bonds. The molecule has 1 N–H and O–H groups in total. The molecule has 3 rings (SSSR count). The van der Waals surface area contributed by atoms with Crippen molar-refractivity contribution in [1.82, 2.24) is 0 Å². The first kappa shape index (κ1) is 25.0. The second-order valence-electron chi connectivity index (χ2n) is 7.89.